The quantitative estimate of drug-likeness (QED) is 0.836. The Morgan fingerprint density at radius 3 is 2.90 bits per heavy atom. The molecule has 2 rings (SSSR count). The van der Waals surface area contributed by atoms with E-state index in [4.69, 9.17) is 4.52 Å². The largest absolute Gasteiger partial charge is 0.447 e. The summed E-state index contributed by atoms with van der Waals surface area (Å²) in [7, 11) is 1.61. The van der Waals surface area contributed by atoms with Gasteiger partial charge in [-0.25, -0.2) is 4.79 Å². The lowest BCUT2D eigenvalue weighted by atomic mass is 10.1. The average molecular weight is 282 g/mol. The Morgan fingerprint density at radius 2 is 2.30 bits per heavy atom. The first kappa shape index (κ1) is 14.3. The smallest absolute Gasteiger partial charge is 0.407 e. The van der Waals surface area contributed by atoms with Crippen LogP contribution >= 0.6 is 0 Å². The molecule has 0 unspecified atom stereocenters. The molecule has 110 valence electrons. The number of nitrogens with zero attached hydrogens (tertiary/aromatic N) is 3. The maximum atomic E-state index is 12.0. The number of carbonyl (C=O) groups is 2. The molecular weight excluding hydrogens is 264 g/mol. The van der Waals surface area contributed by atoms with Gasteiger partial charge in [-0.2, -0.15) is 4.98 Å². The van der Waals surface area contributed by atoms with Crippen LogP contribution in [0.5, 0.6) is 0 Å². The Hall–Kier alpha value is -2.12. The maximum Gasteiger partial charge on any atom is 0.407 e. The van der Waals surface area contributed by atoms with Crippen LogP contribution in [0, 0.1) is 5.92 Å². The number of nitrogens with one attached hydrogen (secondary N) is 1. The van der Waals surface area contributed by atoms with Gasteiger partial charge in [0.15, 0.2) is 5.82 Å². The molecule has 0 spiro atoms. The summed E-state index contributed by atoms with van der Waals surface area (Å²) in [6, 6.07) is -0.648. The van der Waals surface area contributed by atoms with E-state index < -0.39 is 12.1 Å². The van der Waals surface area contributed by atoms with Crippen LogP contribution in [0.3, 0.4) is 0 Å². The fourth-order valence-electron chi connectivity index (χ4n) is 1.87. The van der Waals surface area contributed by atoms with Gasteiger partial charge in [-0.3, -0.25) is 4.79 Å². The third-order valence-corrected chi connectivity index (χ3v) is 2.82. The second kappa shape index (κ2) is 5.89. The normalized spacial score (nSPS) is 18.0. The van der Waals surface area contributed by atoms with Crippen LogP contribution in [0.1, 0.15) is 25.6 Å². The summed E-state index contributed by atoms with van der Waals surface area (Å²) in [6.07, 6.45) is 0.155. The van der Waals surface area contributed by atoms with E-state index in [1.165, 1.54) is 4.90 Å². The number of aromatic nitrogens is 2. The molecule has 1 atom stereocenters. The Bertz CT molecular complexity index is 499. The highest BCUT2D eigenvalue weighted by Gasteiger charge is 2.31. The highest BCUT2D eigenvalue weighted by molar-refractivity contribution is 5.87. The summed E-state index contributed by atoms with van der Waals surface area (Å²) in [5, 5.41) is 6.29. The van der Waals surface area contributed by atoms with Gasteiger partial charge in [-0.05, 0) is 5.92 Å². The van der Waals surface area contributed by atoms with Gasteiger partial charge >= 0.3 is 6.09 Å². The first-order valence-corrected chi connectivity index (χ1v) is 6.45. The highest BCUT2D eigenvalue weighted by Crippen LogP contribution is 2.08. The van der Waals surface area contributed by atoms with E-state index >= 15 is 0 Å². The molecule has 0 radical (unpaired) electrons. The lowest BCUT2D eigenvalue weighted by Gasteiger charge is -2.17. The van der Waals surface area contributed by atoms with E-state index in [1.54, 1.807) is 7.05 Å². The SMILES string of the molecule is CC(C)Cc1noc(CN(C)C(=O)[C@@H]2COC(=O)N2)n1. The number of hydrogen-bond donors (Lipinski definition) is 1. The van der Waals surface area contributed by atoms with Gasteiger partial charge in [-0.1, -0.05) is 19.0 Å². The second-order valence-corrected chi connectivity index (χ2v) is 5.19. The minimum absolute atomic E-state index is 0.0461. The van der Waals surface area contributed by atoms with Crippen LogP contribution in [-0.2, 0) is 22.5 Å². The topological polar surface area (TPSA) is 97.6 Å². The lowest BCUT2D eigenvalue weighted by Crippen LogP contribution is -2.43. The minimum atomic E-state index is -0.648. The van der Waals surface area contributed by atoms with Crippen LogP contribution in [0.15, 0.2) is 4.52 Å². The summed E-state index contributed by atoms with van der Waals surface area (Å²) in [5.74, 6) is 1.19. The fraction of sp³-hybridized carbons (Fsp3) is 0.667. The zero-order valence-electron chi connectivity index (χ0n) is 11.8. The van der Waals surface area contributed by atoms with Crippen molar-refractivity contribution in [3.63, 3.8) is 0 Å². The van der Waals surface area contributed by atoms with Gasteiger partial charge in [-0.15, -0.1) is 0 Å². The zero-order chi connectivity index (χ0) is 14.7. The average Bonchev–Trinajstić information content (AvgIpc) is 2.97. The summed E-state index contributed by atoms with van der Waals surface area (Å²) in [4.78, 5) is 28.6. The molecule has 0 saturated carbocycles. The van der Waals surface area contributed by atoms with Crippen molar-refractivity contribution >= 4 is 12.0 Å². The molecule has 0 bridgehead atoms. The summed E-state index contributed by atoms with van der Waals surface area (Å²) >= 11 is 0. The second-order valence-electron chi connectivity index (χ2n) is 5.19. The molecule has 2 amide bonds. The first-order valence-electron chi connectivity index (χ1n) is 6.45. The first-order chi connectivity index (χ1) is 9.45. The number of likely N-dealkylation sites (N-methyl/N-ethyl adjacent to an activating group) is 1. The van der Waals surface area contributed by atoms with Crippen LogP contribution in [-0.4, -0.2) is 46.7 Å². The van der Waals surface area contributed by atoms with Gasteiger partial charge < -0.3 is 19.5 Å². The number of carbonyl (C=O) groups excluding carboxylic acids is 2. The van der Waals surface area contributed by atoms with E-state index in [0.29, 0.717) is 17.6 Å². The number of rotatable bonds is 5. The number of amides is 2. The van der Waals surface area contributed by atoms with Crippen molar-refractivity contribution < 1.29 is 18.8 Å². The lowest BCUT2D eigenvalue weighted by molar-refractivity contribution is -0.132. The molecule has 1 aliphatic rings. The molecule has 1 aromatic heterocycles. The van der Waals surface area contributed by atoms with E-state index in [-0.39, 0.29) is 19.1 Å². The van der Waals surface area contributed by atoms with Crippen LogP contribution in [0.4, 0.5) is 4.79 Å². The monoisotopic (exact) mass is 282 g/mol. The Morgan fingerprint density at radius 1 is 1.55 bits per heavy atom. The van der Waals surface area contributed by atoms with Crippen LogP contribution in [0.25, 0.3) is 0 Å². The number of hydrogen-bond acceptors (Lipinski definition) is 6. The zero-order valence-corrected chi connectivity index (χ0v) is 11.8. The van der Waals surface area contributed by atoms with Crippen LogP contribution in [0.2, 0.25) is 0 Å². The van der Waals surface area contributed by atoms with E-state index in [2.05, 4.69) is 34.0 Å². The minimum Gasteiger partial charge on any atom is -0.447 e. The van der Waals surface area contributed by atoms with Crippen LogP contribution < -0.4 is 5.32 Å². The van der Waals surface area contributed by atoms with Gasteiger partial charge in [0.05, 0.1) is 6.54 Å². The van der Waals surface area contributed by atoms with Gasteiger partial charge in [0.2, 0.25) is 11.8 Å². The Balaban J connectivity index is 1.90. The van der Waals surface area contributed by atoms with Crippen molar-refractivity contribution in [1.29, 1.82) is 0 Å². The molecular formula is C12H18N4O4. The predicted molar refractivity (Wildman–Crippen MR) is 67.6 cm³/mol. The van der Waals surface area contributed by atoms with Gasteiger partial charge in [0, 0.05) is 13.5 Å². The van der Waals surface area contributed by atoms with Crippen molar-refractivity contribution in [2.24, 2.45) is 5.92 Å². The van der Waals surface area contributed by atoms with Gasteiger partial charge in [0.25, 0.3) is 0 Å². The van der Waals surface area contributed by atoms with E-state index in [9.17, 15) is 9.59 Å². The molecule has 0 aliphatic carbocycles. The fourth-order valence-corrected chi connectivity index (χ4v) is 1.87. The molecule has 1 aliphatic heterocycles. The third kappa shape index (κ3) is 3.46. The number of ether oxygens (including phenoxy) is 1. The van der Waals surface area contributed by atoms with E-state index in [0.717, 1.165) is 6.42 Å². The Labute approximate surface area is 116 Å². The molecule has 1 aromatic rings. The molecule has 2 heterocycles. The Kier molecular flexibility index (Phi) is 4.21. The summed E-state index contributed by atoms with van der Waals surface area (Å²) in [5.41, 5.74) is 0. The van der Waals surface area contributed by atoms with E-state index in [1.807, 2.05) is 0 Å². The van der Waals surface area contributed by atoms with Gasteiger partial charge in [0.1, 0.15) is 12.6 Å². The molecule has 1 fully saturated rings. The maximum absolute atomic E-state index is 12.0. The number of alkyl carbamates (subject to hydrolysis) is 1. The standard InChI is InChI=1S/C12H18N4O4/c1-7(2)4-9-14-10(20-15-9)5-16(3)11(17)8-6-19-12(18)13-8/h7-8H,4-6H2,1-3H3,(H,13,18)/t8-/m0/s1. The highest BCUT2D eigenvalue weighted by atomic mass is 16.6. The molecule has 8 heteroatoms. The third-order valence-electron chi connectivity index (χ3n) is 2.82. The number of cyclic esters (lactones) is 1. The van der Waals surface area contributed by atoms with Crippen molar-refractivity contribution in [2.45, 2.75) is 32.9 Å². The van der Waals surface area contributed by atoms with Crippen molar-refractivity contribution in [3.05, 3.63) is 11.7 Å². The molecule has 20 heavy (non-hydrogen) atoms. The summed E-state index contributed by atoms with van der Waals surface area (Å²) in [6.45, 7) is 4.38. The molecule has 1 saturated heterocycles. The molecule has 1 N–H and O–H groups in total. The molecule has 8 nitrogen and oxygen atoms in total. The van der Waals surface area contributed by atoms with Crippen molar-refractivity contribution in [3.8, 4) is 0 Å². The molecule has 0 aromatic carbocycles. The predicted octanol–water partition coefficient (Wildman–Crippen LogP) is 0.335. The summed E-state index contributed by atoms with van der Waals surface area (Å²) < 4.78 is 9.78. The van der Waals surface area contributed by atoms with Crippen molar-refractivity contribution in [1.82, 2.24) is 20.4 Å². The van der Waals surface area contributed by atoms with Crippen molar-refractivity contribution in [2.75, 3.05) is 13.7 Å².